The lowest BCUT2D eigenvalue weighted by molar-refractivity contribution is 0.402. The van der Waals surface area contributed by atoms with Crippen LogP contribution in [0.4, 0.5) is 5.69 Å². The highest BCUT2D eigenvalue weighted by atomic mass is 35.5. The number of hydrogen-bond acceptors (Lipinski definition) is 5. The summed E-state index contributed by atoms with van der Waals surface area (Å²) in [6.07, 6.45) is 0. The van der Waals surface area contributed by atoms with E-state index < -0.39 is 10.0 Å². The number of sulfonamides is 1. The zero-order valence-corrected chi connectivity index (χ0v) is 16.0. The minimum atomic E-state index is -3.90. The van der Waals surface area contributed by atoms with E-state index >= 15 is 0 Å². The van der Waals surface area contributed by atoms with E-state index in [1.54, 1.807) is 50.2 Å². The highest BCUT2D eigenvalue weighted by molar-refractivity contribution is 7.92. The number of aryl methyl sites for hydroxylation is 2. The first-order chi connectivity index (χ1) is 12.3. The smallest absolute Gasteiger partial charge is 0.265 e. The zero-order chi connectivity index (χ0) is 18.9. The number of anilines is 1. The molecule has 26 heavy (non-hydrogen) atoms. The quantitative estimate of drug-likeness (QED) is 0.695. The molecule has 0 saturated carbocycles. The number of nitrogens with zero attached hydrogens (tertiary/aromatic N) is 1. The predicted octanol–water partition coefficient (Wildman–Crippen LogP) is 4.42. The molecule has 0 aliphatic carbocycles. The van der Waals surface area contributed by atoms with Crippen LogP contribution in [-0.4, -0.2) is 20.7 Å². The third-order valence-electron chi connectivity index (χ3n) is 3.80. The molecule has 0 unspecified atom stereocenters. The Morgan fingerprint density at radius 2 is 1.88 bits per heavy atom. The number of nitrogens with one attached hydrogen (secondary N) is 1. The minimum absolute atomic E-state index is 0.000836. The van der Waals surface area contributed by atoms with Gasteiger partial charge in [0.15, 0.2) is 5.76 Å². The van der Waals surface area contributed by atoms with Crippen molar-refractivity contribution < 1.29 is 17.7 Å². The van der Waals surface area contributed by atoms with E-state index in [1.165, 1.54) is 13.2 Å². The van der Waals surface area contributed by atoms with Crippen LogP contribution in [0.1, 0.15) is 11.3 Å². The molecular weight excluding hydrogens is 376 g/mol. The maximum Gasteiger partial charge on any atom is 0.265 e. The molecule has 136 valence electrons. The highest BCUT2D eigenvalue weighted by Gasteiger charge is 2.22. The van der Waals surface area contributed by atoms with Gasteiger partial charge >= 0.3 is 0 Å². The largest absolute Gasteiger partial charge is 0.495 e. The Labute approximate surface area is 156 Å². The van der Waals surface area contributed by atoms with Crippen LogP contribution < -0.4 is 9.46 Å². The van der Waals surface area contributed by atoms with Crippen molar-refractivity contribution in [3.8, 4) is 17.1 Å². The molecule has 1 heterocycles. The van der Waals surface area contributed by atoms with Gasteiger partial charge in [-0.1, -0.05) is 16.8 Å². The molecule has 0 fully saturated rings. The molecule has 2 aromatic carbocycles. The lowest BCUT2D eigenvalue weighted by atomic mass is 10.1. The van der Waals surface area contributed by atoms with Crippen LogP contribution in [0, 0.1) is 13.8 Å². The third-order valence-corrected chi connectivity index (χ3v) is 5.42. The number of halogens is 1. The predicted molar refractivity (Wildman–Crippen MR) is 100 cm³/mol. The average Bonchev–Trinajstić information content (AvgIpc) is 3.03. The zero-order valence-electron chi connectivity index (χ0n) is 14.4. The monoisotopic (exact) mass is 392 g/mol. The fourth-order valence-corrected chi connectivity index (χ4v) is 4.03. The van der Waals surface area contributed by atoms with Crippen molar-refractivity contribution in [2.45, 2.75) is 18.7 Å². The van der Waals surface area contributed by atoms with E-state index in [-0.39, 0.29) is 10.6 Å². The van der Waals surface area contributed by atoms with Crippen LogP contribution in [-0.2, 0) is 10.0 Å². The molecule has 0 aliphatic heterocycles. The fraction of sp³-hybridized carbons (Fsp3) is 0.167. The number of hydrogen-bond donors (Lipinski definition) is 1. The summed E-state index contributed by atoms with van der Waals surface area (Å²) < 4.78 is 38.9. The first-order valence-corrected chi connectivity index (χ1v) is 9.57. The van der Waals surface area contributed by atoms with Crippen molar-refractivity contribution in [2.75, 3.05) is 11.8 Å². The molecule has 0 spiro atoms. The normalized spacial score (nSPS) is 11.4. The minimum Gasteiger partial charge on any atom is -0.495 e. The van der Waals surface area contributed by atoms with E-state index in [0.717, 1.165) is 0 Å². The van der Waals surface area contributed by atoms with Crippen LogP contribution in [0.15, 0.2) is 51.9 Å². The van der Waals surface area contributed by atoms with Crippen LogP contribution in [0.25, 0.3) is 11.3 Å². The molecule has 3 aromatic rings. The first-order valence-electron chi connectivity index (χ1n) is 7.71. The summed E-state index contributed by atoms with van der Waals surface area (Å²) in [4.78, 5) is 0.000836. The SMILES string of the molecule is COc1ccc(-c2cc(C)no2)cc1S(=O)(=O)Nc1ccc(Cl)cc1C. The number of rotatable bonds is 5. The van der Waals surface area contributed by atoms with Gasteiger partial charge in [0.1, 0.15) is 10.6 Å². The Balaban J connectivity index is 2.05. The molecule has 0 bridgehead atoms. The van der Waals surface area contributed by atoms with Crippen molar-refractivity contribution >= 4 is 27.3 Å². The fourth-order valence-electron chi connectivity index (χ4n) is 2.48. The summed E-state index contributed by atoms with van der Waals surface area (Å²) in [5.74, 6) is 0.702. The van der Waals surface area contributed by atoms with Gasteiger partial charge in [-0.3, -0.25) is 4.72 Å². The summed E-state index contributed by atoms with van der Waals surface area (Å²) >= 11 is 5.93. The standard InChI is InChI=1S/C18H17ClN2O4S/c1-11-8-14(19)5-6-15(11)21-26(22,23)18-10-13(4-7-16(18)24-3)17-9-12(2)20-25-17/h4-10,21H,1-3H3. The molecule has 8 heteroatoms. The topological polar surface area (TPSA) is 81.4 Å². The molecule has 0 atom stereocenters. The molecule has 0 amide bonds. The molecule has 3 rings (SSSR count). The van der Waals surface area contributed by atoms with Gasteiger partial charge in [-0.2, -0.15) is 0 Å². The summed E-state index contributed by atoms with van der Waals surface area (Å²) in [7, 11) is -2.48. The van der Waals surface area contributed by atoms with Crippen LogP contribution in [0.2, 0.25) is 5.02 Å². The van der Waals surface area contributed by atoms with E-state index in [1.807, 2.05) is 0 Å². The number of benzene rings is 2. The lowest BCUT2D eigenvalue weighted by Crippen LogP contribution is -2.15. The molecular formula is C18H17ClN2O4S. The van der Waals surface area contributed by atoms with Crippen molar-refractivity contribution in [3.63, 3.8) is 0 Å². The Hall–Kier alpha value is -2.51. The van der Waals surface area contributed by atoms with Gasteiger partial charge in [-0.25, -0.2) is 8.42 Å². The highest BCUT2D eigenvalue weighted by Crippen LogP contribution is 2.32. The second-order valence-corrected chi connectivity index (χ2v) is 7.85. The Morgan fingerprint density at radius 3 is 2.50 bits per heavy atom. The van der Waals surface area contributed by atoms with Crippen LogP contribution in [0.5, 0.6) is 5.75 Å². The molecule has 0 saturated heterocycles. The second-order valence-electron chi connectivity index (χ2n) is 5.76. The van der Waals surface area contributed by atoms with Gasteiger partial charge in [-0.05, 0) is 55.8 Å². The van der Waals surface area contributed by atoms with Gasteiger partial charge in [0.2, 0.25) is 0 Å². The van der Waals surface area contributed by atoms with Crippen LogP contribution in [0.3, 0.4) is 0 Å². The van der Waals surface area contributed by atoms with E-state index in [2.05, 4.69) is 9.88 Å². The van der Waals surface area contributed by atoms with Gasteiger partial charge in [-0.15, -0.1) is 0 Å². The average molecular weight is 393 g/mol. The van der Waals surface area contributed by atoms with Crippen LogP contribution >= 0.6 is 11.6 Å². The first kappa shape index (κ1) is 18.3. The Kier molecular flexibility index (Phi) is 4.93. The van der Waals surface area contributed by atoms with E-state index in [4.69, 9.17) is 20.9 Å². The Morgan fingerprint density at radius 1 is 1.12 bits per heavy atom. The molecule has 1 N–H and O–H groups in total. The van der Waals surface area contributed by atoms with Crippen molar-refractivity contribution in [3.05, 3.63) is 58.7 Å². The van der Waals surface area contributed by atoms with E-state index in [9.17, 15) is 8.42 Å². The number of methoxy groups -OCH3 is 1. The number of aromatic nitrogens is 1. The summed E-state index contributed by atoms with van der Waals surface area (Å²) in [6.45, 7) is 3.56. The third kappa shape index (κ3) is 3.68. The van der Waals surface area contributed by atoms with Gasteiger partial charge < -0.3 is 9.26 Å². The molecule has 1 aromatic heterocycles. The molecule has 0 radical (unpaired) electrons. The number of ether oxygens (including phenoxy) is 1. The van der Waals surface area contributed by atoms with Gasteiger partial charge in [0, 0.05) is 16.7 Å². The molecule has 0 aliphatic rings. The van der Waals surface area contributed by atoms with Crippen molar-refractivity contribution in [1.29, 1.82) is 0 Å². The molecule has 6 nitrogen and oxygen atoms in total. The van der Waals surface area contributed by atoms with E-state index in [0.29, 0.717) is 33.3 Å². The summed E-state index contributed by atoms with van der Waals surface area (Å²) in [6, 6.07) is 11.4. The van der Waals surface area contributed by atoms with Gasteiger partial charge in [0.25, 0.3) is 10.0 Å². The second kappa shape index (κ2) is 7.01. The lowest BCUT2D eigenvalue weighted by Gasteiger charge is -2.14. The maximum atomic E-state index is 12.9. The maximum absolute atomic E-state index is 12.9. The van der Waals surface area contributed by atoms with Crippen molar-refractivity contribution in [1.82, 2.24) is 5.16 Å². The van der Waals surface area contributed by atoms with Crippen molar-refractivity contribution in [2.24, 2.45) is 0 Å². The van der Waals surface area contributed by atoms with Gasteiger partial charge in [0.05, 0.1) is 18.5 Å². The Bertz CT molecular complexity index is 1060. The summed E-state index contributed by atoms with van der Waals surface area (Å²) in [5.41, 5.74) is 2.44. The summed E-state index contributed by atoms with van der Waals surface area (Å²) in [5, 5.41) is 4.36.